The molecule has 0 spiro atoms. The molecule has 5 nitrogen and oxygen atoms in total. The fraction of sp³-hybridized carbons (Fsp3) is 0.333. The van der Waals surface area contributed by atoms with Crippen molar-refractivity contribution in [3.8, 4) is 11.8 Å². The maximum atomic E-state index is 11.6. The molecule has 0 aromatic carbocycles. The SMILES string of the molecule is CCN(C)C(=O)Nc1cccc(C#CCO)n1. The van der Waals surface area contributed by atoms with Gasteiger partial charge in [0.15, 0.2) is 0 Å². The lowest BCUT2D eigenvalue weighted by Crippen LogP contribution is -2.31. The minimum atomic E-state index is -0.215. The highest BCUT2D eigenvalue weighted by Crippen LogP contribution is 2.04. The summed E-state index contributed by atoms with van der Waals surface area (Å²) >= 11 is 0. The van der Waals surface area contributed by atoms with Gasteiger partial charge in [0.1, 0.15) is 18.1 Å². The summed E-state index contributed by atoms with van der Waals surface area (Å²) in [4.78, 5) is 17.2. The zero-order valence-corrected chi connectivity index (χ0v) is 9.90. The van der Waals surface area contributed by atoms with Crippen LogP contribution in [-0.2, 0) is 0 Å². The van der Waals surface area contributed by atoms with Crippen LogP contribution in [0.5, 0.6) is 0 Å². The van der Waals surface area contributed by atoms with Crippen LogP contribution in [0.3, 0.4) is 0 Å². The molecule has 1 heterocycles. The summed E-state index contributed by atoms with van der Waals surface area (Å²) in [6, 6.07) is 4.93. The van der Waals surface area contributed by atoms with E-state index in [9.17, 15) is 4.79 Å². The summed E-state index contributed by atoms with van der Waals surface area (Å²) in [5, 5.41) is 11.2. The molecule has 0 aliphatic heterocycles. The van der Waals surface area contributed by atoms with Crippen LogP contribution in [0.15, 0.2) is 18.2 Å². The van der Waals surface area contributed by atoms with Gasteiger partial charge in [0.2, 0.25) is 0 Å². The average Bonchev–Trinajstić information content (AvgIpc) is 2.35. The Balaban J connectivity index is 2.75. The van der Waals surface area contributed by atoms with Crippen LogP contribution in [0.2, 0.25) is 0 Å². The molecule has 1 aromatic rings. The van der Waals surface area contributed by atoms with Crippen LogP contribution in [0.25, 0.3) is 0 Å². The lowest BCUT2D eigenvalue weighted by molar-refractivity contribution is 0.224. The van der Waals surface area contributed by atoms with E-state index in [1.54, 1.807) is 25.2 Å². The van der Waals surface area contributed by atoms with Crippen LogP contribution in [-0.4, -0.2) is 41.2 Å². The van der Waals surface area contributed by atoms with Crippen molar-refractivity contribution in [3.05, 3.63) is 23.9 Å². The first-order valence-electron chi connectivity index (χ1n) is 5.26. The minimum absolute atomic E-state index is 0.211. The van der Waals surface area contributed by atoms with E-state index in [4.69, 9.17) is 5.11 Å². The molecule has 0 saturated carbocycles. The Kier molecular flexibility index (Phi) is 4.98. The number of rotatable bonds is 2. The number of nitrogens with zero attached hydrogens (tertiary/aromatic N) is 2. The lowest BCUT2D eigenvalue weighted by Gasteiger charge is -2.14. The normalized spacial score (nSPS) is 9.12. The van der Waals surface area contributed by atoms with Gasteiger partial charge in [0.25, 0.3) is 0 Å². The molecule has 0 saturated heterocycles. The molecule has 0 fully saturated rings. The van der Waals surface area contributed by atoms with Crippen molar-refractivity contribution in [3.63, 3.8) is 0 Å². The van der Waals surface area contributed by atoms with E-state index in [2.05, 4.69) is 22.1 Å². The van der Waals surface area contributed by atoms with Gasteiger partial charge in [-0.3, -0.25) is 5.32 Å². The summed E-state index contributed by atoms with van der Waals surface area (Å²) in [7, 11) is 1.70. The van der Waals surface area contributed by atoms with E-state index in [1.165, 1.54) is 4.90 Å². The van der Waals surface area contributed by atoms with Crippen LogP contribution in [0, 0.1) is 11.8 Å². The molecule has 17 heavy (non-hydrogen) atoms. The zero-order chi connectivity index (χ0) is 12.7. The van der Waals surface area contributed by atoms with Crippen molar-refractivity contribution in [2.75, 3.05) is 25.5 Å². The number of anilines is 1. The van der Waals surface area contributed by atoms with E-state index >= 15 is 0 Å². The van der Waals surface area contributed by atoms with Gasteiger partial charge in [-0.1, -0.05) is 12.0 Å². The molecule has 1 aromatic heterocycles. The second kappa shape index (κ2) is 6.51. The number of aliphatic hydroxyl groups is 1. The highest BCUT2D eigenvalue weighted by molar-refractivity contribution is 5.88. The molecule has 2 N–H and O–H groups in total. The molecule has 0 radical (unpaired) electrons. The van der Waals surface area contributed by atoms with Gasteiger partial charge in [-0.2, -0.15) is 0 Å². The van der Waals surface area contributed by atoms with Gasteiger partial charge >= 0.3 is 6.03 Å². The van der Waals surface area contributed by atoms with E-state index in [-0.39, 0.29) is 12.6 Å². The van der Waals surface area contributed by atoms with Crippen LogP contribution in [0.1, 0.15) is 12.6 Å². The smallest absolute Gasteiger partial charge is 0.322 e. The van der Waals surface area contributed by atoms with E-state index in [1.807, 2.05) is 6.92 Å². The molecule has 1 rings (SSSR count). The molecule has 0 atom stereocenters. The largest absolute Gasteiger partial charge is 0.384 e. The van der Waals surface area contributed by atoms with Crippen LogP contribution < -0.4 is 5.32 Å². The third-order valence-electron chi connectivity index (χ3n) is 2.10. The number of nitrogens with one attached hydrogen (secondary N) is 1. The number of carbonyl (C=O) groups is 1. The number of urea groups is 1. The number of pyridine rings is 1. The number of hydrogen-bond acceptors (Lipinski definition) is 3. The molecule has 0 bridgehead atoms. The maximum Gasteiger partial charge on any atom is 0.322 e. The molecule has 0 aliphatic carbocycles. The molecule has 0 unspecified atom stereocenters. The highest BCUT2D eigenvalue weighted by Gasteiger charge is 2.06. The average molecular weight is 233 g/mol. The van der Waals surface area contributed by atoms with Gasteiger partial charge in [-0.05, 0) is 25.0 Å². The van der Waals surface area contributed by atoms with Crippen LogP contribution >= 0.6 is 0 Å². The quantitative estimate of drug-likeness (QED) is 0.746. The van der Waals surface area contributed by atoms with Crippen molar-refractivity contribution in [2.24, 2.45) is 0 Å². The predicted molar refractivity (Wildman–Crippen MR) is 65.5 cm³/mol. The third kappa shape index (κ3) is 4.13. The van der Waals surface area contributed by atoms with Crippen molar-refractivity contribution in [2.45, 2.75) is 6.92 Å². The lowest BCUT2D eigenvalue weighted by atomic mass is 10.3. The Labute approximate surface area is 100 Å². The van der Waals surface area contributed by atoms with Gasteiger partial charge < -0.3 is 10.0 Å². The molecular formula is C12H15N3O2. The highest BCUT2D eigenvalue weighted by atomic mass is 16.2. The molecule has 90 valence electrons. The zero-order valence-electron chi connectivity index (χ0n) is 9.90. The van der Waals surface area contributed by atoms with E-state index in [0.29, 0.717) is 18.1 Å². The Morgan fingerprint density at radius 1 is 1.59 bits per heavy atom. The number of amides is 2. The van der Waals surface area contributed by atoms with Gasteiger partial charge in [0, 0.05) is 13.6 Å². The standard InChI is InChI=1S/C12H15N3O2/c1-3-15(2)12(17)14-11-8-4-6-10(13-11)7-5-9-16/h4,6,8,16H,3,9H2,1-2H3,(H,13,14,17). The second-order valence-corrected chi connectivity index (χ2v) is 3.31. The minimum Gasteiger partial charge on any atom is -0.384 e. The Bertz CT molecular complexity index is 449. The molecule has 2 amide bonds. The summed E-state index contributed by atoms with van der Waals surface area (Å²) in [6.45, 7) is 2.29. The first-order valence-corrected chi connectivity index (χ1v) is 5.26. The van der Waals surface area contributed by atoms with Crippen molar-refractivity contribution in [1.29, 1.82) is 0 Å². The Morgan fingerprint density at radius 3 is 3.00 bits per heavy atom. The first-order chi connectivity index (χ1) is 8.17. The molecular weight excluding hydrogens is 218 g/mol. The summed E-state index contributed by atoms with van der Waals surface area (Å²) in [5.41, 5.74) is 0.510. The summed E-state index contributed by atoms with van der Waals surface area (Å²) < 4.78 is 0. The van der Waals surface area contributed by atoms with Gasteiger partial charge in [0.05, 0.1) is 0 Å². The van der Waals surface area contributed by atoms with Gasteiger partial charge in [-0.25, -0.2) is 9.78 Å². The Morgan fingerprint density at radius 2 is 2.35 bits per heavy atom. The summed E-state index contributed by atoms with van der Waals surface area (Å²) in [5.74, 6) is 5.62. The van der Waals surface area contributed by atoms with Crippen molar-refractivity contribution >= 4 is 11.8 Å². The number of hydrogen-bond donors (Lipinski definition) is 2. The van der Waals surface area contributed by atoms with Gasteiger partial charge in [-0.15, -0.1) is 0 Å². The summed E-state index contributed by atoms with van der Waals surface area (Å²) in [6.07, 6.45) is 0. The fourth-order valence-electron chi connectivity index (χ4n) is 1.05. The van der Waals surface area contributed by atoms with Crippen molar-refractivity contribution < 1.29 is 9.90 Å². The monoisotopic (exact) mass is 233 g/mol. The number of aromatic nitrogens is 1. The first kappa shape index (κ1) is 13.0. The fourth-order valence-corrected chi connectivity index (χ4v) is 1.05. The maximum absolute atomic E-state index is 11.6. The second-order valence-electron chi connectivity index (χ2n) is 3.31. The van der Waals surface area contributed by atoms with E-state index < -0.39 is 0 Å². The molecule has 5 heteroatoms. The van der Waals surface area contributed by atoms with Crippen molar-refractivity contribution in [1.82, 2.24) is 9.88 Å². The van der Waals surface area contributed by atoms with E-state index in [0.717, 1.165) is 0 Å². The third-order valence-corrected chi connectivity index (χ3v) is 2.10. The predicted octanol–water partition coefficient (Wildman–Crippen LogP) is 0.909. The number of aliphatic hydroxyl groups excluding tert-OH is 1. The number of carbonyl (C=O) groups excluding carboxylic acids is 1. The topological polar surface area (TPSA) is 65.5 Å². The Hall–Kier alpha value is -2.06. The molecule has 0 aliphatic rings. The van der Waals surface area contributed by atoms with Crippen LogP contribution in [0.4, 0.5) is 10.6 Å².